The van der Waals surface area contributed by atoms with Crippen LogP contribution in [0.4, 0.5) is 4.39 Å². The first kappa shape index (κ1) is 14.7. The molecule has 2 rings (SSSR count). The highest BCUT2D eigenvalue weighted by molar-refractivity contribution is 5.35. The topological polar surface area (TPSA) is 26.0 Å². The summed E-state index contributed by atoms with van der Waals surface area (Å²) in [5.74, 6) is 0.440. The fraction of sp³-hybridized carbons (Fsp3) is 0.333. The first-order chi connectivity index (χ1) is 9.47. The van der Waals surface area contributed by atoms with Crippen molar-refractivity contribution in [2.75, 3.05) is 0 Å². The third-order valence-corrected chi connectivity index (χ3v) is 3.54. The van der Waals surface area contributed by atoms with Gasteiger partial charge in [0, 0.05) is 0 Å². The molecular formula is C18H22FN. The second kappa shape index (κ2) is 6.19. The van der Waals surface area contributed by atoms with Crippen LogP contribution >= 0.6 is 0 Å². The molecule has 0 aliphatic heterocycles. The lowest BCUT2D eigenvalue weighted by Crippen LogP contribution is -2.12. The van der Waals surface area contributed by atoms with Crippen LogP contribution in [0.3, 0.4) is 0 Å². The minimum absolute atomic E-state index is 0.200. The van der Waals surface area contributed by atoms with E-state index in [1.165, 1.54) is 11.6 Å². The van der Waals surface area contributed by atoms with E-state index in [0.29, 0.717) is 11.5 Å². The summed E-state index contributed by atoms with van der Waals surface area (Å²) in [7, 11) is 0. The molecule has 0 bridgehead atoms. The van der Waals surface area contributed by atoms with E-state index in [9.17, 15) is 4.39 Å². The molecule has 0 amide bonds. The molecule has 0 saturated carbocycles. The summed E-state index contributed by atoms with van der Waals surface area (Å²) >= 11 is 0. The summed E-state index contributed by atoms with van der Waals surface area (Å²) in [6, 6.07) is 13.2. The van der Waals surface area contributed by atoms with Crippen molar-refractivity contribution in [2.45, 2.75) is 33.2 Å². The molecule has 0 radical (unpaired) electrons. The molecule has 0 heterocycles. The van der Waals surface area contributed by atoms with E-state index in [4.69, 9.17) is 5.73 Å². The van der Waals surface area contributed by atoms with Gasteiger partial charge in [-0.3, -0.25) is 0 Å². The van der Waals surface area contributed by atoms with Gasteiger partial charge in [-0.15, -0.1) is 0 Å². The zero-order chi connectivity index (χ0) is 14.7. The molecule has 2 heteroatoms. The van der Waals surface area contributed by atoms with Crippen LogP contribution in [-0.2, 0) is 6.42 Å². The Labute approximate surface area is 120 Å². The maximum Gasteiger partial charge on any atom is 0.126 e. The number of rotatable bonds is 4. The third-order valence-electron chi connectivity index (χ3n) is 3.54. The molecular weight excluding hydrogens is 249 g/mol. The number of hydrogen-bond donors (Lipinski definition) is 1. The predicted molar refractivity (Wildman–Crippen MR) is 82.2 cm³/mol. The van der Waals surface area contributed by atoms with Crippen molar-refractivity contribution in [2.24, 2.45) is 11.7 Å². The van der Waals surface area contributed by atoms with Gasteiger partial charge in [-0.1, -0.05) is 50.2 Å². The molecule has 2 N–H and O–H groups in total. The lowest BCUT2D eigenvalue weighted by Gasteiger charge is -2.14. The van der Waals surface area contributed by atoms with E-state index in [0.717, 1.165) is 17.5 Å². The Hall–Kier alpha value is -1.67. The van der Waals surface area contributed by atoms with Crippen molar-refractivity contribution in [3.05, 3.63) is 70.5 Å². The quantitative estimate of drug-likeness (QED) is 0.877. The molecule has 0 aromatic heterocycles. The summed E-state index contributed by atoms with van der Waals surface area (Å²) in [6.45, 7) is 6.16. The standard InChI is InChI=1S/C18H22FN/c1-12(2)10-14-5-8-15(9-6-14)18(20)16-7-4-13(3)17(19)11-16/h4-9,11-12,18H,10,20H2,1-3H3. The molecule has 0 aliphatic rings. The molecule has 0 aliphatic carbocycles. The fourth-order valence-corrected chi connectivity index (χ4v) is 2.33. The van der Waals surface area contributed by atoms with Crippen molar-refractivity contribution < 1.29 is 4.39 Å². The molecule has 2 aromatic rings. The highest BCUT2D eigenvalue weighted by Crippen LogP contribution is 2.22. The Morgan fingerprint density at radius 1 is 1.00 bits per heavy atom. The van der Waals surface area contributed by atoms with Gasteiger partial charge < -0.3 is 5.73 Å². The summed E-state index contributed by atoms with van der Waals surface area (Å²) in [4.78, 5) is 0. The number of halogens is 1. The Morgan fingerprint density at radius 3 is 2.15 bits per heavy atom. The molecule has 2 aromatic carbocycles. The van der Waals surface area contributed by atoms with Gasteiger partial charge in [0.1, 0.15) is 5.82 Å². The second-order valence-electron chi connectivity index (χ2n) is 5.83. The summed E-state index contributed by atoms with van der Waals surface area (Å²) in [6.07, 6.45) is 1.06. The van der Waals surface area contributed by atoms with Crippen LogP contribution in [-0.4, -0.2) is 0 Å². The fourth-order valence-electron chi connectivity index (χ4n) is 2.33. The van der Waals surface area contributed by atoms with Gasteiger partial charge in [-0.25, -0.2) is 4.39 Å². The highest BCUT2D eigenvalue weighted by Gasteiger charge is 2.10. The smallest absolute Gasteiger partial charge is 0.126 e. The molecule has 0 saturated heterocycles. The summed E-state index contributed by atoms with van der Waals surface area (Å²) < 4.78 is 13.6. The Bertz CT molecular complexity index is 572. The van der Waals surface area contributed by atoms with Gasteiger partial charge >= 0.3 is 0 Å². The van der Waals surface area contributed by atoms with E-state index in [1.54, 1.807) is 13.0 Å². The SMILES string of the molecule is Cc1ccc(C(N)c2ccc(CC(C)C)cc2)cc1F. The zero-order valence-corrected chi connectivity index (χ0v) is 12.4. The van der Waals surface area contributed by atoms with Crippen molar-refractivity contribution in [3.63, 3.8) is 0 Å². The summed E-state index contributed by atoms with van der Waals surface area (Å²) in [5.41, 5.74) is 10.0. The maximum absolute atomic E-state index is 13.6. The van der Waals surface area contributed by atoms with E-state index < -0.39 is 0 Å². The van der Waals surface area contributed by atoms with Crippen LogP contribution in [0.1, 0.15) is 42.1 Å². The van der Waals surface area contributed by atoms with Crippen LogP contribution in [0.25, 0.3) is 0 Å². The minimum atomic E-state index is -0.279. The van der Waals surface area contributed by atoms with Crippen LogP contribution in [0.5, 0.6) is 0 Å². The van der Waals surface area contributed by atoms with Gasteiger partial charge in [0.2, 0.25) is 0 Å². The lowest BCUT2D eigenvalue weighted by molar-refractivity contribution is 0.614. The van der Waals surface area contributed by atoms with E-state index >= 15 is 0 Å². The van der Waals surface area contributed by atoms with Crippen LogP contribution in [0.15, 0.2) is 42.5 Å². The monoisotopic (exact) mass is 271 g/mol. The molecule has 20 heavy (non-hydrogen) atoms. The Balaban J connectivity index is 2.20. The minimum Gasteiger partial charge on any atom is -0.320 e. The molecule has 1 nitrogen and oxygen atoms in total. The van der Waals surface area contributed by atoms with Gasteiger partial charge in [-0.2, -0.15) is 0 Å². The Kier molecular flexibility index (Phi) is 4.56. The van der Waals surface area contributed by atoms with Gasteiger partial charge in [0.15, 0.2) is 0 Å². The average molecular weight is 271 g/mol. The maximum atomic E-state index is 13.6. The van der Waals surface area contributed by atoms with Crippen LogP contribution < -0.4 is 5.73 Å². The second-order valence-corrected chi connectivity index (χ2v) is 5.83. The normalized spacial score (nSPS) is 12.7. The molecule has 0 spiro atoms. The van der Waals surface area contributed by atoms with Crippen molar-refractivity contribution in [1.82, 2.24) is 0 Å². The van der Waals surface area contributed by atoms with Gasteiger partial charge in [0.25, 0.3) is 0 Å². The van der Waals surface area contributed by atoms with Gasteiger partial charge in [0.05, 0.1) is 6.04 Å². The lowest BCUT2D eigenvalue weighted by atomic mass is 9.96. The van der Waals surface area contributed by atoms with Crippen molar-refractivity contribution >= 4 is 0 Å². The predicted octanol–water partition coefficient (Wildman–Crippen LogP) is 4.38. The number of nitrogens with two attached hydrogens (primary N) is 1. The largest absolute Gasteiger partial charge is 0.320 e. The average Bonchev–Trinajstić information content (AvgIpc) is 2.41. The number of aryl methyl sites for hydroxylation is 1. The van der Waals surface area contributed by atoms with E-state index in [2.05, 4.69) is 26.0 Å². The number of benzene rings is 2. The van der Waals surface area contributed by atoms with Crippen LogP contribution in [0, 0.1) is 18.7 Å². The first-order valence-electron chi connectivity index (χ1n) is 7.08. The van der Waals surface area contributed by atoms with Gasteiger partial charge in [-0.05, 0) is 47.6 Å². The third kappa shape index (κ3) is 3.45. The molecule has 106 valence electrons. The zero-order valence-electron chi connectivity index (χ0n) is 12.4. The van der Waals surface area contributed by atoms with Crippen molar-refractivity contribution in [3.8, 4) is 0 Å². The van der Waals surface area contributed by atoms with Crippen LogP contribution in [0.2, 0.25) is 0 Å². The molecule has 1 unspecified atom stereocenters. The molecule has 1 atom stereocenters. The Morgan fingerprint density at radius 2 is 1.60 bits per heavy atom. The molecule has 0 fully saturated rings. The summed E-state index contributed by atoms with van der Waals surface area (Å²) in [5, 5.41) is 0. The van der Waals surface area contributed by atoms with E-state index in [1.807, 2.05) is 18.2 Å². The number of hydrogen-bond acceptors (Lipinski definition) is 1. The van der Waals surface area contributed by atoms with E-state index in [-0.39, 0.29) is 11.9 Å². The first-order valence-corrected chi connectivity index (χ1v) is 7.08. The van der Waals surface area contributed by atoms with Crippen molar-refractivity contribution in [1.29, 1.82) is 0 Å². The highest BCUT2D eigenvalue weighted by atomic mass is 19.1.